The Bertz CT molecular complexity index is 236. The fourth-order valence-corrected chi connectivity index (χ4v) is 0.949. The highest BCUT2D eigenvalue weighted by molar-refractivity contribution is 5.83. The van der Waals surface area contributed by atoms with E-state index >= 15 is 0 Å². The second-order valence-corrected chi connectivity index (χ2v) is 4.96. The zero-order chi connectivity index (χ0) is 12.1. The van der Waals surface area contributed by atoms with Crippen molar-refractivity contribution in [2.24, 2.45) is 11.1 Å². The number of hydrogen-bond acceptors (Lipinski definition) is 2. The number of allylic oxidation sites excluding steroid dienone is 1. The van der Waals surface area contributed by atoms with Gasteiger partial charge >= 0.3 is 0 Å². The summed E-state index contributed by atoms with van der Waals surface area (Å²) >= 11 is 0. The normalized spacial score (nSPS) is 13.2. The first-order chi connectivity index (χ1) is 6.73. The molecule has 0 unspecified atom stereocenters. The van der Waals surface area contributed by atoms with Gasteiger partial charge in [0.1, 0.15) is 0 Å². The van der Waals surface area contributed by atoms with Crippen molar-refractivity contribution in [3.05, 3.63) is 12.2 Å². The summed E-state index contributed by atoms with van der Waals surface area (Å²) in [7, 11) is 0. The van der Waals surface area contributed by atoms with Crippen molar-refractivity contribution >= 4 is 5.91 Å². The second kappa shape index (κ2) is 5.31. The predicted octanol–water partition coefficient (Wildman–Crippen LogP) is 1.83. The van der Waals surface area contributed by atoms with Crippen molar-refractivity contribution < 1.29 is 4.79 Å². The first-order valence-corrected chi connectivity index (χ1v) is 5.42. The van der Waals surface area contributed by atoms with Crippen LogP contribution < -0.4 is 11.1 Å². The van der Waals surface area contributed by atoms with Gasteiger partial charge in [0.2, 0.25) is 5.91 Å². The van der Waals surface area contributed by atoms with E-state index in [-0.39, 0.29) is 5.91 Å². The average molecular weight is 212 g/mol. The SMILES string of the molecule is C/C=C/CCNC(=O)C(C)(C)C(C)(C)N. The molecule has 0 aliphatic rings. The predicted molar refractivity (Wildman–Crippen MR) is 64.5 cm³/mol. The Labute approximate surface area is 93.1 Å². The van der Waals surface area contributed by atoms with Crippen molar-refractivity contribution in [3.8, 4) is 0 Å². The molecule has 0 saturated heterocycles. The van der Waals surface area contributed by atoms with Gasteiger partial charge in [0.25, 0.3) is 0 Å². The molecular weight excluding hydrogens is 188 g/mol. The zero-order valence-corrected chi connectivity index (χ0v) is 10.6. The molecular formula is C12H24N2O. The van der Waals surface area contributed by atoms with Crippen LogP contribution in [0, 0.1) is 5.41 Å². The van der Waals surface area contributed by atoms with Gasteiger partial charge in [-0.05, 0) is 41.0 Å². The van der Waals surface area contributed by atoms with Gasteiger partial charge in [-0.25, -0.2) is 0 Å². The minimum absolute atomic E-state index is 0.0134. The third-order valence-corrected chi connectivity index (χ3v) is 3.01. The van der Waals surface area contributed by atoms with Gasteiger partial charge in [-0.3, -0.25) is 4.79 Å². The minimum Gasteiger partial charge on any atom is -0.355 e. The number of hydrogen-bond donors (Lipinski definition) is 2. The van der Waals surface area contributed by atoms with Gasteiger partial charge in [-0.2, -0.15) is 0 Å². The molecule has 0 aliphatic heterocycles. The van der Waals surface area contributed by atoms with Crippen LogP contribution in [-0.4, -0.2) is 18.0 Å². The lowest BCUT2D eigenvalue weighted by Gasteiger charge is -2.36. The molecule has 0 heterocycles. The fraction of sp³-hybridized carbons (Fsp3) is 0.750. The molecule has 3 nitrogen and oxygen atoms in total. The minimum atomic E-state index is -0.553. The highest BCUT2D eigenvalue weighted by Gasteiger charge is 2.39. The van der Waals surface area contributed by atoms with E-state index in [1.54, 1.807) is 0 Å². The Morgan fingerprint density at radius 2 is 1.87 bits per heavy atom. The van der Waals surface area contributed by atoms with E-state index in [0.717, 1.165) is 6.42 Å². The van der Waals surface area contributed by atoms with Crippen LogP contribution >= 0.6 is 0 Å². The van der Waals surface area contributed by atoms with Crippen LogP contribution in [0.3, 0.4) is 0 Å². The van der Waals surface area contributed by atoms with E-state index < -0.39 is 11.0 Å². The third-order valence-electron chi connectivity index (χ3n) is 3.01. The number of nitrogens with two attached hydrogens (primary N) is 1. The largest absolute Gasteiger partial charge is 0.355 e. The van der Waals surface area contributed by atoms with Crippen molar-refractivity contribution in [2.75, 3.05) is 6.54 Å². The van der Waals surface area contributed by atoms with Crippen molar-refractivity contribution in [3.63, 3.8) is 0 Å². The van der Waals surface area contributed by atoms with Crippen LogP contribution in [0.4, 0.5) is 0 Å². The molecule has 3 heteroatoms. The number of carbonyl (C=O) groups is 1. The van der Waals surface area contributed by atoms with Crippen LogP contribution in [0.2, 0.25) is 0 Å². The van der Waals surface area contributed by atoms with Gasteiger partial charge in [-0.15, -0.1) is 0 Å². The van der Waals surface area contributed by atoms with Crippen molar-refractivity contribution in [1.29, 1.82) is 0 Å². The molecule has 0 radical (unpaired) electrons. The van der Waals surface area contributed by atoms with Crippen LogP contribution in [0.15, 0.2) is 12.2 Å². The van der Waals surface area contributed by atoms with E-state index in [0.29, 0.717) is 6.54 Å². The van der Waals surface area contributed by atoms with Crippen LogP contribution in [-0.2, 0) is 4.79 Å². The van der Waals surface area contributed by atoms with E-state index in [9.17, 15) is 4.79 Å². The van der Waals surface area contributed by atoms with Gasteiger partial charge in [0, 0.05) is 12.1 Å². The Morgan fingerprint density at radius 1 is 1.33 bits per heavy atom. The molecule has 0 aromatic rings. The van der Waals surface area contributed by atoms with E-state index in [2.05, 4.69) is 5.32 Å². The standard InChI is InChI=1S/C12H24N2O/c1-6-7-8-9-14-10(15)11(2,3)12(4,5)13/h6-7H,8-9,13H2,1-5H3,(H,14,15)/b7-6+. The molecule has 0 atom stereocenters. The second-order valence-electron chi connectivity index (χ2n) is 4.96. The molecule has 15 heavy (non-hydrogen) atoms. The lowest BCUT2D eigenvalue weighted by molar-refractivity contribution is -0.132. The van der Waals surface area contributed by atoms with E-state index in [4.69, 9.17) is 5.73 Å². The summed E-state index contributed by atoms with van der Waals surface area (Å²) in [6.45, 7) is 10.1. The fourth-order valence-electron chi connectivity index (χ4n) is 0.949. The summed E-state index contributed by atoms with van der Waals surface area (Å²) in [5.41, 5.74) is 4.90. The third kappa shape index (κ3) is 4.04. The molecule has 0 aliphatic carbocycles. The average Bonchev–Trinajstić information content (AvgIpc) is 2.10. The van der Waals surface area contributed by atoms with Crippen LogP contribution in [0.1, 0.15) is 41.0 Å². The molecule has 0 fully saturated rings. The molecule has 88 valence electrons. The van der Waals surface area contributed by atoms with Crippen LogP contribution in [0.25, 0.3) is 0 Å². The van der Waals surface area contributed by atoms with Crippen molar-refractivity contribution in [2.45, 2.75) is 46.6 Å². The number of amides is 1. The maximum atomic E-state index is 11.9. The Hall–Kier alpha value is -0.830. The molecule has 0 bridgehead atoms. The molecule has 1 amide bonds. The molecule has 0 rings (SSSR count). The first-order valence-electron chi connectivity index (χ1n) is 5.42. The maximum absolute atomic E-state index is 11.9. The summed E-state index contributed by atoms with van der Waals surface area (Å²) in [5, 5.41) is 2.89. The Kier molecular flexibility index (Phi) is 5.01. The molecule has 0 saturated carbocycles. The summed E-state index contributed by atoms with van der Waals surface area (Å²) in [4.78, 5) is 11.9. The molecule has 0 aromatic heterocycles. The summed E-state index contributed by atoms with van der Waals surface area (Å²) in [6, 6.07) is 0. The maximum Gasteiger partial charge on any atom is 0.227 e. The summed E-state index contributed by atoms with van der Waals surface area (Å²) in [5.74, 6) is 0.0134. The molecule has 0 spiro atoms. The number of carbonyl (C=O) groups excluding carboxylic acids is 1. The molecule has 0 aromatic carbocycles. The number of rotatable bonds is 5. The van der Waals surface area contributed by atoms with Gasteiger partial charge in [-0.1, -0.05) is 12.2 Å². The van der Waals surface area contributed by atoms with E-state index in [1.165, 1.54) is 0 Å². The van der Waals surface area contributed by atoms with Crippen molar-refractivity contribution in [1.82, 2.24) is 5.32 Å². The number of nitrogens with one attached hydrogen (secondary N) is 1. The highest BCUT2D eigenvalue weighted by atomic mass is 16.2. The van der Waals surface area contributed by atoms with Gasteiger partial charge in [0.05, 0.1) is 5.41 Å². The lowest BCUT2D eigenvalue weighted by Crippen LogP contribution is -2.55. The highest BCUT2D eigenvalue weighted by Crippen LogP contribution is 2.28. The zero-order valence-electron chi connectivity index (χ0n) is 10.6. The summed E-state index contributed by atoms with van der Waals surface area (Å²) < 4.78 is 0. The first kappa shape index (κ1) is 14.2. The van der Waals surface area contributed by atoms with E-state index in [1.807, 2.05) is 46.8 Å². The van der Waals surface area contributed by atoms with Gasteiger partial charge < -0.3 is 11.1 Å². The monoisotopic (exact) mass is 212 g/mol. The lowest BCUT2D eigenvalue weighted by atomic mass is 9.74. The van der Waals surface area contributed by atoms with Crippen LogP contribution in [0.5, 0.6) is 0 Å². The summed E-state index contributed by atoms with van der Waals surface area (Å²) in [6.07, 6.45) is 4.87. The quantitative estimate of drug-likeness (QED) is 0.539. The smallest absolute Gasteiger partial charge is 0.227 e. The molecule has 3 N–H and O–H groups in total. The van der Waals surface area contributed by atoms with Gasteiger partial charge in [0.15, 0.2) is 0 Å². The Balaban J connectivity index is 4.21. The topological polar surface area (TPSA) is 55.1 Å². The Morgan fingerprint density at radius 3 is 2.27 bits per heavy atom.